The normalized spacial score (nSPS) is 17.6. The molecule has 0 saturated carbocycles. The minimum atomic E-state index is -0.0982. The molecule has 0 bridgehead atoms. The van der Waals surface area contributed by atoms with Crippen LogP contribution in [0.2, 0.25) is 0 Å². The van der Waals surface area contributed by atoms with Gasteiger partial charge < -0.3 is 10.6 Å². The number of amides is 1. The van der Waals surface area contributed by atoms with Gasteiger partial charge in [0.05, 0.1) is 6.04 Å². The van der Waals surface area contributed by atoms with Gasteiger partial charge >= 0.3 is 0 Å². The molecule has 0 aliphatic carbocycles. The molecule has 1 unspecified atom stereocenters. The van der Waals surface area contributed by atoms with Crippen molar-refractivity contribution in [3.8, 4) is 11.4 Å². The number of hydrogen-bond acceptors (Lipinski definition) is 5. The van der Waals surface area contributed by atoms with Gasteiger partial charge in [-0.15, -0.1) is 17.5 Å². The van der Waals surface area contributed by atoms with E-state index in [1.54, 1.807) is 11.7 Å². The van der Waals surface area contributed by atoms with Crippen molar-refractivity contribution < 1.29 is 4.79 Å². The molecule has 8 heteroatoms. The Labute approximate surface area is 134 Å². The van der Waals surface area contributed by atoms with Crippen LogP contribution < -0.4 is 10.6 Å². The lowest BCUT2D eigenvalue weighted by molar-refractivity contribution is -0.118. The fourth-order valence-corrected chi connectivity index (χ4v) is 2.52. The average Bonchev–Trinajstić information content (AvgIpc) is 2.94. The predicted molar refractivity (Wildman–Crippen MR) is 85.8 cm³/mol. The number of piperidine rings is 1. The predicted octanol–water partition coefficient (Wildman–Crippen LogP) is 1.38. The summed E-state index contributed by atoms with van der Waals surface area (Å²) in [5.74, 6) is 0.685. The van der Waals surface area contributed by atoms with Gasteiger partial charge in [0.1, 0.15) is 0 Å². The van der Waals surface area contributed by atoms with Crippen LogP contribution in [0.25, 0.3) is 11.4 Å². The van der Waals surface area contributed by atoms with Crippen molar-refractivity contribution in [2.45, 2.75) is 25.3 Å². The fourth-order valence-electron chi connectivity index (χ4n) is 2.52. The molecule has 1 amide bonds. The van der Waals surface area contributed by atoms with Crippen LogP contribution in [0.5, 0.6) is 0 Å². The van der Waals surface area contributed by atoms with Gasteiger partial charge in [-0.05, 0) is 41.9 Å². The zero-order chi connectivity index (χ0) is 14.7. The lowest BCUT2D eigenvalue weighted by Gasteiger charge is -2.22. The van der Waals surface area contributed by atoms with Crippen molar-refractivity contribution >= 4 is 24.0 Å². The van der Waals surface area contributed by atoms with Crippen molar-refractivity contribution in [2.24, 2.45) is 7.05 Å². The highest BCUT2D eigenvalue weighted by molar-refractivity contribution is 5.95. The number of aromatic nitrogens is 4. The van der Waals surface area contributed by atoms with Crippen LogP contribution in [0, 0.1) is 0 Å². The van der Waals surface area contributed by atoms with E-state index in [4.69, 9.17) is 0 Å². The minimum absolute atomic E-state index is 0. The summed E-state index contributed by atoms with van der Waals surface area (Å²) in [7, 11) is 1.78. The summed E-state index contributed by atoms with van der Waals surface area (Å²) in [6.07, 6.45) is 3.12. The van der Waals surface area contributed by atoms with Crippen LogP contribution >= 0.6 is 12.4 Å². The van der Waals surface area contributed by atoms with Crippen LogP contribution in [0.15, 0.2) is 24.3 Å². The fraction of sp³-hybridized carbons (Fsp3) is 0.429. The number of carbonyl (C=O) groups excluding carboxylic acids is 1. The van der Waals surface area contributed by atoms with E-state index in [1.165, 1.54) is 0 Å². The summed E-state index contributed by atoms with van der Waals surface area (Å²) < 4.78 is 1.60. The third kappa shape index (κ3) is 3.61. The van der Waals surface area contributed by atoms with Gasteiger partial charge in [0, 0.05) is 18.3 Å². The average molecular weight is 323 g/mol. The maximum atomic E-state index is 12.2. The quantitative estimate of drug-likeness (QED) is 0.891. The van der Waals surface area contributed by atoms with E-state index in [9.17, 15) is 4.79 Å². The Hall–Kier alpha value is -1.99. The van der Waals surface area contributed by atoms with Gasteiger partial charge in [0.25, 0.3) is 0 Å². The standard InChI is InChI=1S/C14H18N6O.ClH/c1-20-13(17-18-19-20)10-5-4-6-11(9-10)16-14(21)12-7-2-3-8-15-12;/h4-6,9,12,15H,2-3,7-8H2,1H3,(H,16,21);1H. The van der Waals surface area contributed by atoms with E-state index in [0.29, 0.717) is 5.82 Å². The summed E-state index contributed by atoms with van der Waals surface area (Å²) >= 11 is 0. The molecule has 118 valence electrons. The van der Waals surface area contributed by atoms with E-state index in [-0.39, 0.29) is 24.4 Å². The number of nitrogens with zero attached hydrogens (tertiary/aromatic N) is 4. The molecule has 1 aliphatic rings. The van der Waals surface area contributed by atoms with Crippen LogP contribution in [0.3, 0.4) is 0 Å². The molecule has 2 heterocycles. The summed E-state index contributed by atoms with van der Waals surface area (Å²) in [6.45, 7) is 0.905. The second kappa shape index (κ2) is 7.33. The zero-order valence-electron chi connectivity index (χ0n) is 12.3. The van der Waals surface area contributed by atoms with Gasteiger partial charge in [-0.25, -0.2) is 4.68 Å². The molecule has 3 rings (SSSR count). The second-order valence-corrected chi connectivity index (χ2v) is 5.20. The molecule has 2 aromatic rings. The first-order valence-electron chi connectivity index (χ1n) is 7.11. The Balaban J connectivity index is 0.00000176. The lowest BCUT2D eigenvalue weighted by atomic mass is 10.0. The SMILES string of the molecule is Cl.Cn1nnnc1-c1cccc(NC(=O)C2CCCCN2)c1. The summed E-state index contributed by atoms with van der Waals surface area (Å²) in [5, 5.41) is 17.6. The van der Waals surface area contributed by atoms with Gasteiger partial charge in [-0.2, -0.15) is 0 Å². The summed E-state index contributed by atoms with van der Waals surface area (Å²) in [4.78, 5) is 12.2. The molecule has 0 spiro atoms. The smallest absolute Gasteiger partial charge is 0.241 e. The Morgan fingerprint density at radius 2 is 2.27 bits per heavy atom. The number of anilines is 1. The number of tetrazole rings is 1. The molecule has 1 saturated heterocycles. The second-order valence-electron chi connectivity index (χ2n) is 5.20. The zero-order valence-corrected chi connectivity index (χ0v) is 13.1. The molecule has 0 radical (unpaired) electrons. The van der Waals surface area contributed by atoms with E-state index in [2.05, 4.69) is 26.2 Å². The molecule has 1 fully saturated rings. The van der Waals surface area contributed by atoms with Crippen molar-refractivity contribution in [1.82, 2.24) is 25.5 Å². The van der Waals surface area contributed by atoms with Crippen molar-refractivity contribution in [3.63, 3.8) is 0 Å². The lowest BCUT2D eigenvalue weighted by Crippen LogP contribution is -2.43. The maximum absolute atomic E-state index is 12.2. The Morgan fingerprint density at radius 3 is 2.95 bits per heavy atom. The molecule has 1 atom stereocenters. The Bertz CT molecular complexity index is 638. The molecular weight excluding hydrogens is 304 g/mol. The van der Waals surface area contributed by atoms with Gasteiger partial charge in [0.2, 0.25) is 5.91 Å². The van der Waals surface area contributed by atoms with E-state index in [1.807, 2.05) is 24.3 Å². The third-order valence-corrected chi connectivity index (χ3v) is 3.64. The number of benzene rings is 1. The number of halogens is 1. The molecule has 22 heavy (non-hydrogen) atoms. The number of carbonyl (C=O) groups is 1. The van der Waals surface area contributed by atoms with E-state index >= 15 is 0 Å². The molecule has 7 nitrogen and oxygen atoms in total. The molecule has 1 aliphatic heterocycles. The maximum Gasteiger partial charge on any atom is 0.241 e. The van der Waals surface area contributed by atoms with Crippen molar-refractivity contribution in [2.75, 3.05) is 11.9 Å². The largest absolute Gasteiger partial charge is 0.325 e. The molecular formula is C14H19ClN6O. The van der Waals surface area contributed by atoms with Gasteiger partial charge in [-0.3, -0.25) is 4.79 Å². The van der Waals surface area contributed by atoms with E-state index < -0.39 is 0 Å². The number of nitrogens with one attached hydrogen (secondary N) is 2. The molecule has 2 N–H and O–H groups in total. The summed E-state index contributed by atoms with van der Waals surface area (Å²) in [6, 6.07) is 7.45. The van der Waals surface area contributed by atoms with E-state index in [0.717, 1.165) is 37.1 Å². The van der Waals surface area contributed by atoms with Crippen LogP contribution in [0.4, 0.5) is 5.69 Å². The molecule has 1 aromatic carbocycles. The van der Waals surface area contributed by atoms with Crippen LogP contribution in [-0.4, -0.2) is 38.7 Å². The number of rotatable bonds is 3. The van der Waals surface area contributed by atoms with Crippen molar-refractivity contribution in [3.05, 3.63) is 24.3 Å². The van der Waals surface area contributed by atoms with Crippen LogP contribution in [0.1, 0.15) is 19.3 Å². The first-order valence-corrected chi connectivity index (χ1v) is 7.11. The number of aryl methyl sites for hydroxylation is 1. The first-order chi connectivity index (χ1) is 10.2. The highest BCUT2D eigenvalue weighted by atomic mass is 35.5. The topological polar surface area (TPSA) is 84.7 Å². The monoisotopic (exact) mass is 322 g/mol. The van der Waals surface area contributed by atoms with Gasteiger partial charge in [-0.1, -0.05) is 18.6 Å². The highest BCUT2D eigenvalue weighted by Crippen LogP contribution is 2.20. The van der Waals surface area contributed by atoms with Crippen molar-refractivity contribution in [1.29, 1.82) is 0 Å². The summed E-state index contributed by atoms with van der Waals surface area (Å²) in [5.41, 5.74) is 1.63. The molecule has 1 aromatic heterocycles. The minimum Gasteiger partial charge on any atom is -0.325 e. The third-order valence-electron chi connectivity index (χ3n) is 3.64. The Kier molecular flexibility index (Phi) is 5.46. The number of hydrogen-bond donors (Lipinski definition) is 2. The highest BCUT2D eigenvalue weighted by Gasteiger charge is 2.20. The Morgan fingerprint density at radius 1 is 1.41 bits per heavy atom. The first kappa shape index (κ1) is 16.4. The van der Waals surface area contributed by atoms with Crippen LogP contribution in [-0.2, 0) is 11.8 Å². The van der Waals surface area contributed by atoms with Gasteiger partial charge in [0.15, 0.2) is 5.82 Å².